The number of carbonyl (C=O) groups is 1. The Morgan fingerprint density at radius 3 is 2.30 bits per heavy atom. The van der Waals surface area contributed by atoms with E-state index in [0.29, 0.717) is 0 Å². The monoisotopic (exact) mass is 142 g/mol. The third-order valence-electron chi connectivity index (χ3n) is 0.763. The molecule has 0 aromatic carbocycles. The van der Waals surface area contributed by atoms with Crippen molar-refractivity contribution >= 4 is 5.97 Å². The Morgan fingerprint density at radius 1 is 1.50 bits per heavy atom. The van der Waals surface area contributed by atoms with Crippen molar-refractivity contribution in [3.63, 3.8) is 0 Å². The van der Waals surface area contributed by atoms with E-state index in [1.807, 2.05) is 0 Å². The van der Waals surface area contributed by atoms with Crippen LogP contribution < -0.4 is 11.5 Å². The second-order valence-corrected chi connectivity index (χ2v) is 1.68. The van der Waals surface area contributed by atoms with E-state index in [0.717, 1.165) is 12.2 Å². The van der Waals surface area contributed by atoms with Gasteiger partial charge in [-0.25, -0.2) is 4.79 Å². The number of nitrogens with two attached hydrogens (primary N) is 2. The summed E-state index contributed by atoms with van der Waals surface area (Å²) in [4.78, 5) is 10.4. The summed E-state index contributed by atoms with van der Waals surface area (Å²) in [6, 6.07) is 0. The van der Waals surface area contributed by atoms with Crippen LogP contribution in [0.1, 0.15) is 0 Å². The molecule has 0 fully saturated rings. The zero-order valence-electron chi connectivity index (χ0n) is 5.54. The Morgan fingerprint density at radius 2 is 2.00 bits per heavy atom. The minimum Gasteiger partial charge on any atom is -0.424 e. The fourth-order valence-corrected chi connectivity index (χ4v) is 0.258. The van der Waals surface area contributed by atoms with E-state index in [1.165, 1.54) is 0 Å². The third kappa shape index (κ3) is 3.01. The van der Waals surface area contributed by atoms with Gasteiger partial charge < -0.3 is 4.74 Å². The molecule has 0 heterocycles. The lowest BCUT2D eigenvalue weighted by atomic mass is 10.4. The molecule has 0 spiro atoms. The summed E-state index contributed by atoms with van der Waals surface area (Å²) >= 11 is 0. The highest BCUT2D eigenvalue weighted by Crippen LogP contribution is 1.94. The number of esters is 1. The maximum atomic E-state index is 10.4. The van der Waals surface area contributed by atoms with Gasteiger partial charge in [0.2, 0.25) is 5.85 Å². The molecular formula is C6H10N2O2. The van der Waals surface area contributed by atoms with E-state index in [9.17, 15) is 4.79 Å². The Hall–Kier alpha value is -1.13. The zero-order valence-corrected chi connectivity index (χ0v) is 5.54. The lowest BCUT2D eigenvalue weighted by molar-refractivity contribution is -0.148. The van der Waals surface area contributed by atoms with Crippen LogP contribution in [0.5, 0.6) is 0 Å². The first-order valence-electron chi connectivity index (χ1n) is 2.58. The number of rotatable bonds is 3. The van der Waals surface area contributed by atoms with Gasteiger partial charge in [-0.3, -0.25) is 11.5 Å². The topological polar surface area (TPSA) is 78.3 Å². The first-order chi connectivity index (χ1) is 4.52. The molecule has 0 aliphatic carbocycles. The molecule has 4 nitrogen and oxygen atoms in total. The molecule has 0 atom stereocenters. The highest BCUT2D eigenvalue weighted by molar-refractivity contribution is 5.81. The van der Waals surface area contributed by atoms with Crippen molar-refractivity contribution in [1.29, 1.82) is 0 Å². The van der Waals surface area contributed by atoms with Gasteiger partial charge in [0.15, 0.2) is 0 Å². The van der Waals surface area contributed by atoms with E-state index in [-0.39, 0.29) is 0 Å². The van der Waals surface area contributed by atoms with E-state index in [1.54, 1.807) is 0 Å². The van der Waals surface area contributed by atoms with Crippen LogP contribution in [0.4, 0.5) is 0 Å². The molecule has 0 saturated heterocycles. The first kappa shape index (κ1) is 8.87. The summed E-state index contributed by atoms with van der Waals surface area (Å²) in [5.74, 6) is -2.27. The van der Waals surface area contributed by atoms with Crippen molar-refractivity contribution < 1.29 is 9.53 Å². The van der Waals surface area contributed by atoms with E-state index in [2.05, 4.69) is 17.9 Å². The van der Waals surface area contributed by atoms with Gasteiger partial charge in [-0.05, 0) is 6.08 Å². The molecule has 0 saturated carbocycles. The quantitative estimate of drug-likeness (QED) is 0.240. The molecule has 0 aromatic rings. The van der Waals surface area contributed by atoms with Crippen molar-refractivity contribution in [3.05, 3.63) is 25.3 Å². The van der Waals surface area contributed by atoms with Gasteiger partial charge in [0.25, 0.3) is 0 Å². The molecule has 0 unspecified atom stereocenters. The predicted molar refractivity (Wildman–Crippen MR) is 37.6 cm³/mol. The smallest absolute Gasteiger partial charge is 0.333 e. The number of hydrogen-bond acceptors (Lipinski definition) is 4. The van der Waals surface area contributed by atoms with Crippen LogP contribution >= 0.6 is 0 Å². The fourth-order valence-electron chi connectivity index (χ4n) is 0.258. The summed E-state index contributed by atoms with van der Waals surface area (Å²) in [5.41, 5.74) is 10.3. The van der Waals surface area contributed by atoms with Crippen LogP contribution in [0.25, 0.3) is 0 Å². The lowest BCUT2D eigenvalue weighted by Gasteiger charge is -2.18. The van der Waals surface area contributed by atoms with E-state index in [4.69, 9.17) is 11.5 Å². The summed E-state index contributed by atoms with van der Waals surface area (Å²) in [6.45, 7) is 6.42. The van der Waals surface area contributed by atoms with Crippen molar-refractivity contribution in [2.45, 2.75) is 5.85 Å². The molecule has 0 bridgehead atoms. The van der Waals surface area contributed by atoms with E-state index < -0.39 is 11.8 Å². The predicted octanol–water partition coefficient (Wildman–Crippen LogP) is -0.527. The summed E-state index contributed by atoms with van der Waals surface area (Å²) in [5, 5.41) is 0. The van der Waals surface area contributed by atoms with Gasteiger partial charge in [0.1, 0.15) is 0 Å². The minimum absolute atomic E-state index is 0.676. The molecule has 0 radical (unpaired) electrons. The van der Waals surface area contributed by atoms with Crippen LogP contribution in [0.2, 0.25) is 0 Å². The average molecular weight is 142 g/mol. The van der Waals surface area contributed by atoms with Gasteiger partial charge in [-0.2, -0.15) is 0 Å². The standard InChI is InChI=1S/C6H10N2O2/c1-3-5(9)10-6(7,8)4-2/h3-4H,1-2,7-8H2. The first-order valence-corrected chi connectivity index (χ1v) is 2.58. The Bertz CT molecular complexity index is 163. The largest absolute Gasteiger partial charge is 0.424 e. The second-order valence-electron chi connectivity index (χ2n) is 1.68. The number of carbonyl (C=O) groups excluding carboxylic acids is 1. The molecule has 0 rings (SSSR count). The van der Waals surface area contributed by atoms with Crippen molar-refractivity contribution in [2.24, 2.45) is 11.5 Å². The molecule has 4 N–H and O–H groups in total. The van der Waals surface area contributed by atoms with Crippen LogP contribution in [0.3, 0.4) is 0 Å². The fraction of sp³-hybridized carbons (Fsp3) is 0.167. The van der Waals surface area contributed by atoms with Gasteiger partial charge in [0.05, 0.1) is 0 Å². The maximum absolute atomic E-state index is 10.4. The molecule has 56 valence electrons. The van der Waals surface area contributed by atoms with Gasteiger partial charge in [-0.15, -0.1) is 0 Å². The van der Waals surface area contributed by atoms with Crippen molar-refractivity contribution in [1.82, 2.24) is 0 Å². The van der Waals surface area contributed by atoms with Crippen molar-refractivity contribution in [2.75, 3.05) is 0 Å². The van der Waals surface area contributed by atoms with Crippen LogP contribution in [0, 0.1) is 0 Å². The van der Waals surface area contributed by atoms with Crippen molar-refractivity contribution in [3.8, 4) is 0 Å². The molecule has 0 amide bonds. The Labute approximate surface area is 59.1 Å². The number of hydrogen-bond donors (Lipinski definition) is 2. The molecular weight excluding hydrogens is 132 g/mol. The Kier molecular flexibility index (Phi) is 2.79. The summed E-state index contributed by atoms with van der Waals surface area (Å²) in [6.07, 6.45) is 2.09. The van der Waals surface area contributed by atoms with Gasteiger partial charge in [0, 0.05) is 6.08 Å². The molecule has 4 heteroatoms. The summed E-state index contributed by atoms with van der Waals surface area (Å²) < 4.78 is 4.42. The molecule has 0 aromatic heterocycles. The number of ether oxygens (including phenoxy) is 1. The van der Waals surface area contributed by atoms with E-state index >= 15 is 0 Å². The lowest BCUT2D eigenvalue weighted by Crippen LogP contribution is -2.50. The third-order valence-corrected chi connectivity index (χ3v) is 0.763. The molecule has 10 heavy (non-hydrogen) atoms. The highest BCUT2D eigenvalue weighted by Gasteiger charge is 2.17. The summed E-state index contributed by atoms with van der Waals surface area (Å²) in [7, 11) is 0. The second kappa shape index (κ2) is 3.14. The SMILES string of the molecule is C=CC(=O)OC(N)(N)C=C. The zero-order chi connectivity index (χ0) is 8.20. The van der Waals surface area contributed by atoms with Crippen LogP contribution in [-0.4, -0.2) is 11.8 Å². The van der Waals surface area contributed by atoms with Gasteiger partial charge in [-0.1, -0.05) is 13.2 Å². The van der Waals surface area contributed by atoms with Crippen LogP contribution in [0.15, 0.2) is 25.3 Å². The molecule has 0 aliphatic rings. The maximum Gasteiger partial charge on any atom is 0.333 e. The minimum atomic E-state index is -1.59. The van der Waals surface area contributed by atoms with Crippen LogP contribution in [-0.2, 0) is 9.53 Å². The van der Waals surface area contributed by atoms with Gasteiger partial charge >= 0.3 is 5.97 Å². The average Bonchev–Trinajstić information content (AvgIpc) is 1.87. The highest BCUT2D eigenvalue weighted by atomic mass is 16.6. The molecule has 0 aliphatic heterocycles. The normalized spacial score (nSPS) is 10.2. The Balaban J connectivity index is 4.00.